The fourth-order valence-corrected chi connectivity index (χ4v) is 4.02. The first-order valence-corrected chi connectivity index (χ1v) is 13.3. The molecule has 3 aromatic carbocycles. The van der Waals surface area contributed by atoms with E-state index in [9.17, 15) is 19.8 Å². The molecule has 0 saturated heterocycles. The second-order valence-corrected chi connectivity index (χ2v) is 9.96. The van der Waals surface area contributed by atoms with E-state index in [0.717, 1.165) is 18.1 Å². The summed E-state index contributed by atoms with van der Waals surface area (Å²) in [6, 6.07) is 17.7. The average molecular weight is 557 g/mol. The van der Waals surface area contributed by atoms with Crippen LogP contribution in [0.3, 0.4) is 0 Å². The summed E-state index contributed by atoms with van der Waals surface area (Å²) < 4.78 is 16.1. The molecule has 7 heteroatoms. The molecule has 0 radical (unpaired) electrons. The van der Waals surface area contributed by atoms with Gasteiger partial charge in [0.05, 0.1) is 20.1 Å². The van der Waals surface area contributed by atoms with Crippen LogP contribution in [0.15, 0.2) is 84.7 Å². The summed E-state index contributed by atoms with van der Waals surface area (Å²) in [6.45, 7) is 6.14. The number of phenols is 1. The Balaban J connectivity index is 1.63. The van der Waals surface area contributed by atoms with Crippen molar-refractivity contribution in [3.8, 4) is 23.0 Å². The summed E-state index contributed by atoms with van der Waals surface area (Å²) in [5, 5.41) is 19.8. The van der Waals surface area contributed by atoms with Crippen molar-refractivity contribution in [3.05, 3.63) is 107 Å². The normalized spacial score (nSPS) is 12.6. The maximum atomic E-state index is 12.8. The smallest absolute Gasteiger partial charge is 0.318 e. The summed E-state index contributed by atoms with van der Waals surface area (Å²) in [4.78, 5) is 25.2. The zero-order valence-electron chi connectivity index (χ0n) is 24.0. The van der Waals surface area contributed by atoms with Gasteiger partial charge in [-0.2, -0.15) is 0 Å². The summed E-state index contributed by atoms with van der Waals surface area (Å²) in [6.07, 6.45) is 7.88. The number of benzene rings is 3. The van der Waals surface area contributed by atoms with Crippen molar-refractivity contribution in [1.29, 1.82) is 0 Å². The topological polar surface area (TPSA) is 102 Å². The summed E-state index contributed by atoms with van der Waals surface area (Å²) in [5.41, 5.74) is 3.41. The maximum Gasteiger partial charge on any atom is 0.318 e. The number of ether oxygens (including phenoxy) is 3. The minimum absolute atomic E-state index is 0.00449. The Bertz CT molecular complexity index is 1450. The quantitative estimate of drug-likeness (QED) is 0.0810. The van der Waals surface area contributed by atoms with Crippen molar-refractivity contribution in [2.24, 2.45) is 5.92 Å². The summed E-state index contributed by atoms with van der Waals surface area (Å²) in [5.74, 6) is -0.0611. The van der Waals surface area contributed by atoms with Gasteiger partial charge in [0.15, 0.2) is 28.8 Å². The van der Waals surface area contributed by atoms with Gasteiger partial charge >= 0.3 is 5.97 Å². The molecule has 0 aliphatic carbocycles. The van der Waals surface area contributed by atoms with Crippen LogP contribution in [-0.2, 0) is 16.0 Å². The van der Waals surface area contributed by atoms with Crippen LogP contribution in [0.2, 0.25) is 0 Å². The molecule has 3 aromatic rings. The van der Waals surface area contributed by atoms with E-state index in [4.69, 9.17) is 14.2 Å². The molecule has 0 amide bonds. The number of phenolic OH excluding ortho intramolecular Hbond substituents is 1. The monoisotopic (exact) mass is 556 g/mol. The van der Waals surface area contributed by atoms with E-state index in [-0.39, 0.29) is 17.3 Å². The number of carbonyl (C=O) groups is 2. The van der Waals surface area contributed by atoms with Gasteiger partial charge in [0, 0.05) is 6.08 Å². The van der Waals surface area contributed by atoms with Gasteiger partial charge in [0.2, 0.25) is 0 Å². The second-order valence-electron chi connectivity index (χ2n) is 9.96. The molecule has 1 atom stereocenters. The van der Waals surface area contributed by atoms with Gasteiger partial charge in [-0.1, -0.05) is 62.4 Å². The highest BCUT2D eigenvalue weighted by molar-refractivity contribution is 6.02. The van der Waals surface area contributed by atoms with Crippen LogP contribution in [0.1, 0.15) is 48.9 Å². The number of rotatable bonds is 12. The van der Waals surface area contributed by atoms with Crippen LogP contribution in [0.25, 0.3) is 12.2 Å². The van der Waals surface area contributed by atoms with E-state index in [1.165, 1.54) is 38.0 Å². The van der Waals surface area contributed by atoms with Crippen LogP contribution >= 0.6 is 0 Å². The van der Waals surface area contributed by atoms with Crippen molar-refractivity contribution in [3.63, 3.8) is 0 Å². The molecule has 0 aromatic heterocycles. The minimum Gasteiger partial charge on any atom is -0.508 e. The molecule has 7 nitrogen and oxygen atoms in total. The van der Waals surface area contributed by atoms with E-state index in [1.807, 2.05) is 24.3 Å². The van der Waals surface area contributed by atoms with Gasteiger partial charge in [0.1, 0.15) is 5.76 Å². The Morgan fingerprint density at radius 2 is 1.41 bits per heavy atom. The number of hydrogen-bond donors (Lipinski definition) is 2. The lowest BCUT2D eigenvalue weighted by Crippen LogP contribution is -2.16. The van der Waals surface area contributed by atoms with Crippen LogP contribution in [0, 0.1) is 5.92 Å². The van der Waals surface area contributed by atoms with Crippen molar-refractivity contribution in [2.45, 2.75) is 33.1 Å². The van der Waals surface area contributed by atoms with Gasteiger partial charge in [-0.25, -0.2) is 0 Å². The Kier molecular flexibility index (Phi) is 10.9. The van der Waals surface area contributed by atoms with Gasteiger partial charge in [-0.05, 0) is 77.9 Å². The van der Waals surface area contributed by atoms with Crippen LogP contribution in [-0.4, -0.2) is 36.2 Å². The molecule has 0 aliphatic heterocycles. The molecule has 214 valence electrons. The molecular formula is C34H36O7. The lowest BCUT2D eigenvalue weighted by molar-refractivity contribution is -0.135. The van der Waals surface area contributed by atoms with E-state index >= 15 is 0 Å². The van der Waals surface area contributed by atoms with E-state index in [1.54, 1.807) is 49.4 Å². The van der Waals surface area contributed by atoms with Crippen LogP contribution in [0.5, 0.6) is 23.0 Å². The Morgan fingerprint density at radius 1 is 0.805 bits per heavy atom. The number of aliphatic hydroxyl groups excluding tert-OH is 1. The van der Waals surface area contributed by atoms with Crippen molar-refractivity contribution in [2.75, 3.05) is 14.2 Å². The minimum atomic E-state index is -0.463. The van der Waals surface area contributed by atoms with Crippen molar-refractivity contribution in [1.82, 2.24) is 0 Å². The predicted octanol–water partition coefficient (Wildman–Crippen LogP) is 7.05. The fraction of sp³-hybridized carbons (Fsp3) is 0.235. The van der Waals surface area contributed by atoms with Gasteiger partial charge < -0.3 is 24.4 Å². The largest absolute Gasteiger partial charge is 0.508 e. The summed E-state index contributed by atoms with van der Waals surface area (Å²) >= 11 is 0. The third-order valence-electron chi connectivity index (χ3n) is 6.26. The number of esters is 1. The number of aromatic hydroxyl groups is 1. The van der Waals surface area contributed by atoms with Crippen molar-refractivity contribution < 1.29 is 34.0 Å². The molecule has 0 spiro atoms. The van der Waals surface area contributed by atoms with Crippen LogP contribution < -0.4 is 14.2 Å². The molecule has 0 saturated carbocycles. The highest BCUT2D eigenvalue weighted by Gasteiger charge is 2.19. The zero-order chi connectivity index (χ0) is 29.9. The first-order valence-electron chi connectivity index (χ1n) is 13.3. The maximum absolute atomic E-state index is 12.8. The highest BCUT2D eigenvalue weighted by atomic mass is 16.6. The Morgan fingerprint density at radius 3 is 2.05 bits per heavy atom. The molecule has 0 fully saturated rings. The molecular weight excluding hydrogens is 520 g/mol. The number of methoxy groups -OCH3 is 2. The molecule has 0 unspecified atom stereocenters. The van der Waals surface area contributed by atoms with Crippen LogP contribution in [0.4, 0.5) is 0 Å². The summed E-state index contributed by atoms with van der Waals surface area (Å²) in [7, 11) is 2.91. The molecule has 3 rings (SSSR count). The lowest BCUT2D eigenvalue weighted by atomic mass is 9.97. The lowest BCUT2D eigenvalue weighted by Gasteiger charge is -2.15. The van der Waals surface area contributed by atoms with Gasteiger partial charge in [-0.3, -0.25) is 9.59 Å². The first kappa shape index (κ1) is 30.8. The zero-order valence-corrected chi connectivity index (χ0v) is 24.0. The Hall–Kier alpha value is -4.78. The number of carbonyl (C=O) groups excluding carboxylic acids is 2. The van der Waals surface area contributed by atoms with E-state index in [0.29, 0.717) is 28.5 Å². The molecule has 0 aliphatic rings. The average Bonchev–Trinajstić information content (AvgIpc) is 2.95. The number of ketones is 1. The Labute approximate surface area is 241 Å². The second kappa shape index (κ2) is 14.6. The van der Waals surface area contributed by atoms with E-state index in [2.05, 4.69) is 13.8 Å². The first-order chi connectivity index (χ1) is 19.6. The highest BCUT2D eigenvalue weighted by Crippen LogP contribution is 2.31. The predicted molar refractivity (Wildman–Crippen MR) is 160 cm³/mol. The van der Waals surface area contributed by atoms with E-state index < -0.39 is 17.7 Å². The molecule has 41 heavy (non-hydrogen) atoms. The van der Waals surface area contributed by atoms with Gasteiger partial charge in [-0.15, -0.1) is 0 Å². The third kappa shape index (κ3) is 9.14. The van der Waals surface area contributed by atoms with Gasteiger partial charge in [0.25, 0.3) is 0 Å². The van der Waals surface area contributed by atoms with Crippen molar-refractivity contribution >= 4 is 23.9 Å². The molecule has 2 N–H and O–H groups in total. The molecule has 0 bridgehead atoms. The number of aliphatic hydroxyl groups is 1. The molecule has 0 heterocycles. The number of allylic oxidation sites excluding steroid dienone is 3. The fourth-order valence-electron chi connectivity index (χ4n) is 4.02. The third-order valence-corrected chi connectivity index (χ3v) is 6.26. The number of hydrogen-bond acceptors (Lipinski definition) is 7. The standard InChI is InChI=1S/C34H36O7/c1-22(2)18-24-6-12-27(13-7-24)23(3)34(38)41-31-17-11-26(20-33(31)40-5)9-15-29(36)21-28(35)14-8-25-10-16-30(37)32(19-25)39-4/h6-17,19-23,35,37H,18H2,1-5H3/b14-8+,15-9+,28-21-/t23-/m1/s1. The SMILES string of the molecule is COc1cc(/C=C/C(O)=C/C(=O)/C=C/c2ccc(OC(=O)[C@H](C)c3ccc(CC(C)C)cc3)c(OC)c2)ccc1O.